The highest BCUT2D eigenvalue weighted by Crippen LogP contribution is 2.31. The van der Waals surface area contributed by atoms with E-state index in [1.165, 1.54) is 18.2 Å². The van der Waals surface area contributed by atoms with Gasteiger partial charge in [-0.3, -0.25) is 4.79 Å². The monoisotopic (exact) mass is 496 g/mol. The van der Waals surface area contributed by atoms with Gasteiger partial charge in [0, 0.05) is 5.69 Å². The lowest BCUT2D eigenvalue weighted by Gasteiger charge is -2.10. The molecule has 0 saturated heterocycles. The van der Waals surface area contributed by atoms with E-state index in [-0.39, 0.29) is 24.5 Å². The van der Waals surface area contributed by atoms with Gasteiger partial charge in [-0.1, -0.05) is 12.1 Å². The van der Waals surface area contributed by atoms with Crippen molar-refractivity contribution >= 4 is 39.6 Å². The number of hydrogen-bond donors (Lipinski definition) is 1. The summed E-state index contributed by atoms with van der Waals surface area (Å²) in [5.41, 5.74) is -0.879. The van der Waals surface area contributed by atoms with Crippen molar-refractivity contribution in [2.24, 2.45) is 0 Å². The van der Waals surface area contributed by atoms with Crippen LogP contribution >= 0.6 is 15.9 Å². The normalized spacial score (nSPS) is 11.4. The molecule has 0 aliphatic carbocycles. The third kappa shape index (κ3) is 7.15. The lowest BCUT2D eigenvalue weighted by Crippen LogP contribution is -2.15. The Morgan fingerprint density at radius 3 is 2.58 bits per heavy atom. The molecule has 2 aromatic rings. The summed E-state index contributed by atoms with van der Waals surface area (Å²) >= 11 is 3.27. The summed E-state index contributed by atoms with van der Waals surface area (Å²) in [6.07, 6.45) is -3.29. The molecule has 0 bridgehead atoms. The second-order valence-corrected chi connectivity index (χ2v) is 6.84. The summed E-state index contributed by atoms with van der Waals surface area (Å²) in [4.78, 5) is 23.7. The third-order valence-corrected chi connectivity index (χ3v) is 4.35. The lowest BCUT2D eigenvalue weighted by atomic mass is 10.1. The average Bonchev–Trinajstić information content (AvgIpc) is 2.71. The number of esters is 1. The molecular formula is C21H16BrF3N2O4. The van der Waals surface area contributed by atoms with Gasteiger partial charge in [0.15, 0.2) is 6.61 Å². The van der Waals surface area contributed by atoms with Gasteiger partial charge < -0.3 is 14.8 Å². The minimum Gasteiger partial charge on any atom is -0.481 e. The molecule has 6 nitrogen and oxygen atoms in total. The van der Waals surface area contributed by atoms with Crippen molar-refractivity contribution in [3.63, 3.8) is 0 Å². The standard InChI is InChI=1S/C21H16BrF3N2O4/c1-2-30-19(28)12-31-18-7-6-13(9-17(18)22)8-14(11-26)20(29)27-16-5-3-4-15(10-16)21(23,24)25/h3-10H,2,12H2,1H3,(H,27,29)/b14-8-. The molecule has 0 spiro atoms. The van der Waals surface area contributed by atoms with Crippen LogP contribution in [0.15, 0.2) is 52.5 Å². The molecule has 0 radical (unpaired) electrons. The van der Waals surface area contributed by atoms with Crippen LogP contribution in [0.5, 0.6) is 5.75 Å². The smallest absolute Gasteiger partial charge is 0.416 e. The Morgan fingerprint density at radius 1 is 1.23 bits per heavy atom. The lowest BCUT2D eigenvalue weighted by molar-refractivity contribution is -0.145. The molecule has 1 N–H and O–H groups in total. The number of rotatable bonds is 7. The second kappa shape index (κ2) is 10.6. The Kier molecular flexibility index (Phi) is 8.22. The fraction of sp³-hybridized carbons (Fsp3) is 0.190. The largest absolute Gasteiger partial charge is 0.481 e. The van der Waals surface area contributed by atoms with Crippen molar-refractivity contribution < 1.29 is 32.2 Å². The fourth-order valence-corrected chi connectivity index (χ4v) is 2.86. The van der Waals surface area contributed by atoms with Crippen molar-refractivity contribution in [1.29, 1.82) is 5.26 Å². The first-order valence-electron chi connectivity index (χ1n) is 8.82. The molecule has 0 atom stereocenters. The maximum absolute atomic E-state index is 12.8. The van der Waals surface area contributed by atoms with Crippen molar-refractivity contribution in [2.45, 2.75) is 13.1 Å². The molecule has 0 fully saturated rings. The zero-order valence-electron chi connectivity index (χ0n) is 16.1. The van der Waals surface area contributed by atoms with Crippen molar-refractivity contribution in [3.8, 4) is 11.8 Å². The van der Waals surface area contributed by atoms with Crippen molar-refractivity contribution in [1.82, 2.24) is 0 Å². The number of carbonyl (C=O) groups is 2. The van der Waals surface area contributed by atoms with Crippen LogP contribution in [0.25, 0.3) is 6.08 Å². The van der Waals surface area contributed by atoms with Gasteiger partial charge in [-0.2, -0.15) is 18.4 Å². The van der Waals surface area contributed by atoms with E-state index in [2.05, 4.69) is 21.2 Å². The highest BCUT2D eigenvalue weighted by atomic mass is 79.9. The van der Waals surface area contributed by atoms with Crippen LogP contribution in [0.3, 0.4) is 0 Å². The Bertz CT molecular complexity index is 1050. The number of benzene rings is 2. The summed E-state index contributed by atoms with van der Waals surface area (Å²) < 4.78 is 49.0. The van der Waals surface area contributed by atoms with Crippen molar-refractivity contribution in [2.75, 3.05) is 18.5 Å². The first-order chi connectivity index (χ1) is 14.6. The summed E-state index contributed by atoms with van der Waals surface area (Å²) in [7, 11) is 0. The molecule has 0 aromatic heterocycles. The van der Waals surface area contributed by atoms with Gasteiger partial charge in [0.25, 0.3) is 5.91 Å². The van der Waals surface area contributed by atoms with Gasteiger partial charge in [0.05, 0.1) is 16.6 Å². The van der Waals surface area contributed by atoms with E-state index in [4.69, 9.17) is 9.47 Å². The zero-order chi connectivity index (χ0) is 23.0. The minimum atomic E-state index is -4.56. The number of nitriles is 1. The van der Waals surface area contributed by atoms with Gasteiger partial charge in [-0.25, -0.2) is 4.79 Å². The van der Waals surface area contributed by atoms with E-state index >= 15 is 0 Å². The van der Waals surface area contributed by atoms with Gasteiger partial charge in [0.2, 0.25) is 0 Å². The van der Waals surface area contributed by atoms with E-state index in [1.54, 1.807) is 25.1 Å². The van der Waals surface area contributed by atoms with Crippen LogP contribution in [0.4, 0.5) is 18.9 Å². The zero-order valence-corrected chi connectivity index (χ0v) is 17.7. The maximum Gasteiger partial charge on any atom is 0.416 e. The molecule has 2 aromatic carbocycles. The van der Waals surface area contributed by atoms with Crippen LogP contribution in [0, 0.1) is 11.3 Å². The molecule has 0 heterocycles. The predicted octanol–water partition coefficient (Wildman–Crippen LogP) is 4.96. The van der Waals surface area contributed by atoms with E-state index < -0.39 is 23.6 Å². The van der Waals surface area contributed by atoms with E-state index in [1.807, 2.05) is 0 Å². The SMILES string of the molecule is CCOC(=O)COc1ccc(/C=C(/C#N)C(=O)Nc2cccc(C(F)(F)F)c2)cc1Br. The number of alkyl halides is 3. The summed E-state index contributed by atoms with van der Waals surface area (Å²) in [6, 6.07) is 10.4. The number of nitrogens with one attached hydrogen (secondary N) is 1. The van der Waals surface area contributed by atoms with Crippen LogP contribution in [-0.4, -0.2) is 25.1 Å². The maximum atomic E-state index is 12.8. The molecule has 0 unspecified atom stereocenters. The van der Waals surface area contributed by atoms with Crippen molar-refractivity contribution in [3.05, 3.63) is 63.6 Å². The summed E-state index contributed by atoms with van der Waals surface area (Å²) in [6.45, 7) is 1.61. The Labute approximate surface area is 184 Å². The number of halogens is 4. The Balaban J connectivity index is 2.14. The quantitative estimate of drug-likeness (QED) is 0.332. The molecule has 10 heteroatoms. The Morgan fingerprint density at radius 2 is 1.97 bits per heavy atom. The number of anilines is 1. The molecule has 0 saturated carbocycles. The van der Waals surface area contributed by atoms with Gasteiger partial charge in [-0.15, -0.1) is 0 Å². The van der Waals surface area contributed by atoms with Gasteiger partial charge in [-0.05, 0) is 64.8 Å². The first kappa shape index (κ1) is 24.0. The minimum absolute atomic E-state index is 0.0927. The number of amides is 1. The molecule has 162 valence electrons. The molecule has 2 rings (SSSR count). The molecule has 0 aliphatic rings. The molecular weight excluding hydrogens is 481 g/mol. The predicted molar refractivity (Wildman–Crippen MR) is 110 cm³/mol. The summed E-state index contributed by atoms with van der Waals surface area (Å²) in [5.74, 6) is -1.05. The molecule has 0 aliphatic heterocycles. The fourth-order valence-electron chi connectivity index (χ4n) is 2.35. The van der Waals surface area contributed by atoms with E-state index in [0.717, 1.165) is 18.2 Å². The molecule has 1 amide bonds. The molecule has 31 heavy (non-hydrogen) atoms. The van der Waals surface area contributed by atoms with Crippen LogP contribution in [0.2, 0.25) is 0 Å². The highest BCUT2D eigenvalue weighted by molar-refractivity contribution is 9.10. The topological polar surface area (TPSA) is 88.4 Å². The first-order valence-corrected chi connectivity index (χ1v) is 9.61. The van der Waals surface area contributed by atoms with Crippen LogP contribution in [0.1, 0.15) is 18.1 Å². The van der Waals surface area contributed by atoms with Crippen LogP contribution < -0.4 is 10.1 Å². The number of carbonyl (C=O) groups excluding carboxylic acids is 2. The highest BCUT2D eigenvalue weighted by Gasteiger charge is 2.30. The summed E-state index contributed by atoms with van der Waals surface area (Å²) in [5, 5.41) is 11.6. The number of hydrogen-bond acceptors (Lipinski definition) is 5. The van der Waals surface area contributed by atoms with Crippen LogP contribution in [-0.2, 0) is 20.5 Å². The van der Waals surface area contributed by atoms with Gasteiger partial charge in [0.1, 0.15) is 17.4 Å². The second-order valence-electron chi connectivity index (χ2n) is 5.99. The number of nitrogens with zero attached hydrogens (tertiary/aromatic N) is 1. The average molecular weight is 497 g/mol. The number of ether oxygens (including phenoxy) is 2. The van der Waals surface area contributed by atoms with E-state index in [9.17, 15) is 28.0 Å². The Hall–Kier alpha value is -3.32. The van der Waals surface area contributed by atoms with Gasteiger partial charge >= 0.3 is 12.1 Å². The van der Waals surface area contributed by atoms with E-state index in [0.29, 0.717) is 15.8 Å². The third-order valence-electron chi connectivity index (χ3n) is 3.73.